The molecule has 1 aromatic rings. The van der Waals surface area contributed by atoms with Gasteiger partial charge in [0.1, 0.15) is 10.5 Å². The van der Waals surface area contributed by atoms with Gasteiger partial charge in [-0.25, -0.2) is 0 Å². The second-order valence-electron chi connectivity index (χ2n) is 4.43. The van der Waals surface area contributed by atoms with E-state index in [1.165, 1.54) is 11.8 Å². The van der Waals surface area contributed by atoms with E-state index in [0.29, 0.717) is 12.3 Å². The van der Waals surface area contributed by atoms with Crippen LogP contribution in [0.15, 0.2) is 24.3 Å². The van der Waals surface area contributed by atoms with Gasteiger partial charge >= 0.3 is 5.97 Å². The SMILES string of the molecule is CC(C)(SCCCOc1ccc(N)cc1)C(=O)O. The van der Waals surface area contributed by atoms with Crippen LogP contribution in [0, 0.1) is 0 Å². The summed E-state index contributed by atoms with van der Waals surface area (Å²) in [5, 5.41) is 8.94. The van der Waals surface area contributed by atoms with E-state index in [0.717, 1.165) is 17.9 Å². The van der Waals surface area contributed by atoms with Crippen LogP contribution in [-0.2, 0) is 4.79 Å². The van der Waals surface area contributed by atoms with Gasteiger partial charge < -0.3 is 15.6 Å². The number of hydrogen-bond donors (Lipinski definition) is 2. The van der Waals surface area contributed by atoms with Crippen LogP contribution in [0.2, 0.25) is 0 Å². The van der Waals surface area contributed by atoms with Crippen molar-refractivity contribution < 1.29 is 14.6 Å². The Balaban J connectivity index is 2.20. The molecule has 3 N–H and O–H groups in total. The summed E-state index contributed by atoms with van der Waals surface area (Å²) in [6, 6.07) is 7.22. The van der Waals surface area contributed by atoms with Crippen molar-refractivity contribution in [3.8, 4) is 5.75 Å². The van der Waals surface area contributed by atoms with Crippen molar-refractivity contribution in [2.75, 3.05) is 18.1 Å². The summed E-state index contributed by atoms with van der Waals surface area (Å²) >= 11 is 1.42. The lowest BCUT2D eigenvalue weighted by Crippen LogP contribution is -2.27. The largest absolute Gasteiger partial charge is 0.494 e. The van der Waals surface area contributed by atoms with Crippen molar-refractivity contribution in [1.29, 1.82) is 0 Å². The van der Waals surface area contributed by atoms with Crippen LogP contribution in [-0.4, -0.2) is 28.2 Å². The van der Waals surface area contributed by atoms with E-state index in [9.17, 15) is 4.79 Å². The van der Waals surface area contributed by atoms with Crippen LogP contribution < -0.4 is 10.5 Å². The van der Waals surface area contributed by atoms with Crippen LogP contribution in [0.4, 0.5) is 5.69 Å². The molecule has 0 heterocycles. The third-order valence-electron chi connectivity index (χ3n) is 2.42. The third-order valence-corrected chi connectivity index (χ3v) is 3.80. The maximum Gasteiger partial charge on any atom is 0.319 e. The van der Waals surface area contributed by atoms with Crippen molar-refractivity contribution in [2.45, 2.75) is 25.0 Å². The maximum atomic E-state index is 10.9. The second kappa shape index (κ2) is 6.54. The molecule has 0 aromatic heterocycles. The van der Waals surface area contributed by atoms with E-state index >= 15 is 0 Å². The van der Waals surface area contributed by atoms with Crippen molar-refractivity contribution in [3.63, 3.8) is 0 Å². The molecule has 0 atom stereocenters. The predicted octanol–water partition coefficient (Wildman–Crippen LogP) is 2.63. The van der Waals surface area contributed by atoms with Gasteiger partial charge in [-0.1, -0.05) is 0 Å². The monoisotopic (exact) mass is 269 g/mol. The molecular weight excluding hydrogens is 250 g/mol. The van der Waals surface area contributed by atoms with E-state index in [2.05, 4.69) is 0 Å². The van der Waals surface area contributed by atoms with E-state index in [1.54, 1.807) is 26.0 Å². The minimum absolute atomic E-state index is 0.576. The predicted molar refractivity (Wildman–Crippen MR) is 75.1 cm³/mol. The molecule has 5 heteroatoms. The van der Waals surface area contributed by atoms with E-state index in [4.69, 9.17) is 15.6 Å². The molecule has 0 fully saturated rings. The van der Waals surface area contributed by atoms with Crippen molar-refractivity contribution in [2.24, 2.45) is 0 Å². The maximum absolute atomic E-state index is 10.9. The standard InChI is InChI=1S/C13H19NO3S/c1-13(2,12(15)16)18-9-3-8-17-11-6-4-10(14)5-7-11/h4-7H,3,8-9,14H2,1-2H3,(H,15,16). The first-order valence-corrected chi connectivity index (χ1v) is 6.76. The summed E-state index contributed by atoms with van der Waals surface area (Å²) in [6.07, 6.45) is 0.811. The molecule has 0 unspecified atom stereocenters. The van der Waals surface area contributed by atoms with Crippen LogP contribution in [0.1, 0.15) is 20.3 Å². The number of ether oxygens (including phenoxy) is 1. The summed E-state index contributed by atoms with van der Waals surface area (Å²) in [7, 11) is 0. The summed E-state index contributed by atoms with van der Waals surface area (Å²) in [6.45, 7) is 3.99. The highest BCUT2D eigenvalue weighted by molar-refractivity contribution is 8.01. The average Bonchev–Trinajstić information content (AvgIpc) is 2.31. The van der Waals surface area contributed by atoms with Gasteiger partial charge in [-0.2, -0.15) is 0 Å². The molecule has 100 valence electrons. The van der Waals surface area contributed by atoms with Gasteiger partial charge in [0.25, 0.3) is 0 Å². The zero-order valence-electron chi connectivity index (χ0n) is 10.7. The number of carboxylic acid groups (broad SMARTS) is 1. The van der Waals surface area contributed by atoms with Gasteiger partial charge in [0.05, 0.1) is 6.61 Å². The highest BCUT2D eigenvalue weighted by Gasteiger charge is 2.26. The fourth-order valence-corrected chi connectivity index (χ4v) is 2.10. The number of thioether (sulfide) groups is 1. The van der Waals surface area contributed by atoms with Gasteiger partial charge in [-0.05, 0) is 50.3 Å². The smallest absolute Gasteiger partial charge is 0.319 e. The van der Waals surface area contributed by atoms with Gasteiger partial charge in [0.15, 0.2) is 0 Å². The molecule has 0 radical (unpaired) electrons. The summed E-state index contributed by atoms with van der Waals surface area (Å²) < 4.78 is 4.78. The molecule has 0 amide bonds. The number of carboxylic acids is 1. The molecule has 0 saturated carbocycles. The Morgan fingerprint density at radius 2 is 2.00 bits per heavy atom. The fraction of sp³-hybridized carbons (Fsp3) is 0.462. The molecule has 1 rings (SSSR count). The Labute approximate surface area is 112 Å². The van der Waals surface area contributed by atoms with Crippen LogP contribution >= 0.6 is 11.8 Å². The second-order valence-corrected chi connectivity index (χ2v) is 6.15. The minimum Gasteiger partial charge on any atom is -0.494 e. The number of carbonyl (C=O) groups is 1. The fourth-order valence-electron chi connectivity index (χ4n) is 1.20. The van der Waals surface area contributed by atoms with Gasteiger partial charge in [-0.15, -0.1) is 11.8 Å². The van der Waals surface area contributed by atoms with Gasteiger partial charge in [-0.3, -0.25) is 4.79 Å². The topological polar surface area (TPSA) is 72.5 Å². The van der Waals surface area contributed by atoms with Crippen molar-refractivity contribution in [3.05, 3.63) is 24.3 Å². The van der Waals surface area contributed by atoms with E-state index < -0.39 is 10.7 Å². The molecule has 4 nitrogen and oxygen atoms in total. The van der Waals surface area contributed by atoms with Crippen molar-refractivity contribution >= 4 is 23.4 Å². The van der Waals surface area contributed by atoms with Crippen LogP contribution in [0.25, 0.3) is 0 Å². The third kappa shape index (κ3) is 4.87. The molecule has 0 saturated heterocycles. The van der Waals surface area contributed by atoms with E-state index in [1.807, 2.05) is 12.1 Å². The number of anilines is 1. The van der Waals surface area contributed by atoms with Crippen LogP contribution in [0.3, 0.4) is 0 Å². The first-order valence-electron chi connectivity index (χ1n) is 5.77. The van der Waals surface area contributed by atoms with Gasteiger partial charge in [0, 0.05) is 5.69 Å². The number of rotatable bonds is 7. The molecule has 0 aliphatic heterocycles. The Morgan fingerprint density at radius 1 is 1.39 bits per heavy atom. The molecule has 0 aliphatic carbocycles. The molecule has 18 heavy (non-hydrogen) atoms. The Morgan fingerprint density at radius 3 is 2.56 bits per heavy atom. The van der Waals surface area contributed by atoms with Crippen LogP contribution in [0.5, 0.6) is 5.75 Å². The number of benzene rings is 1. The molecule has 1 aromatic carbocycles. The van der Waals surface area contributed by atoms with E-state index in [-0.39, 0.29) is 0 Å². The Hall–Kier alpha value is -1.36. The lowest BCUT2D eigenvalue weighted by atomic mass is 10.2. The summed E-state index contributed by atoms with van der Waals surface area (Å²) in [4.78, 5) is 10.9. The molecule has 0 aliphatic rings. The van der Waals surface area contributed by atoms with Gasteiger partial charge in [0.2, 0.25) is 0 Å². The lowest BCUT2D eigenvalue weighted by Gasteiger charge is -2.18. The van der Waals surface area contributed by atoms with Crippen molar-refractivity contribution in [1.82, 2.24) is 0 Å². The first-order chi connectivity index (χ1) is 8.42. The quantitative estimate of drug-likeness (QED) is 0.588. The number of aliphatic carboxylic acids is 1. The Kier molecular flexibility index (Phi) is 5.34. The molecule has 0 spiro atoms. The first kappa shape index (κ1) is 14.7. The lowest BCUT2D eigenvalue weighted by molar-refractivity contribution is -0.138. The highest BCUT2D eigenvalue weighted by Crippen LogP contribution is 2.25. The zero-order valence-corrected chi connectivity index (χ0v) is 11.5. The number of hydrogen-bond acceptors (Lipinski definition) is 4. The highest BCUT2D eigenvalue weighted by atomic mass is 32.2. The molecular formula is C13H19NO3S. The summed E-state index contributed by atoms with van der Waals surface area (Å²) in [5.74, 6) is 0.757. The summed E-state index contributed by atoms with van der Waals surface area (Å²) in [5.41, 5.74) is 6.27. The average molecular weight is 269 g/mol. The Bertz CT molecular complexity index is 390. The number of nitrogen functional groups attached to an aromatic ring is 1. The normalized spacial score (nSPS) is 11.2. The minimum atomic E-state index is -0.785. The number of nitrogens with two attached hydrogens (primary N) is 1. The molecule has 0 bridgehead atoms. The zero-order chi connectivity index (χ0) is 13.6.